The van der Waals surface area contributed by atoms with Gasteiger partial charge in [-0.2, -0.15) is 0 Å². The summed E-state index contributed by atoms with van der Waals surface area (Å²) in [7, 11) is 0. The maximum atomic E-state index is 13.3. The highest BCUT2D eigenvalue weighted by atomic mass is 19.1. The number of ether oxygens (including phenoxy) is 1. The zero-order chi connectivity index (χ0) is 23.0. The minimum atomic E-state index is -0.694. The molecule has 2 aromatic carbocycles. The zero-order valence-corrected chi connectivity index (χ0v) is 19.0. The quantitative estimate of drug-likeness (QED) is 0.605. The lowest BCUT2D eigenvalue weighted by molar-refractivity contribution is -0.142. The molecular weight excluding hydrogens is 395 g/mol. The Morgan fingerprint density at radius 2 is 1.65 bits per heavy atom. The van der Waals surface area contributed by atoms with Crippen LogP contribution in [0.25, 0.3) is 0 Å². The number of para-hydroxylation sites is 1. The summed E-state index contributed by atoms with van der Waals surface area (Å²) in [6.45, 7) is 10.4. The van der Waals surface area contributed by atoms with Crippen molar-refractivity contribution < 1.29 is 18.7 Å². The molecule has 2 aromatic rings. The van der Waals surface area contributed by atoms with E-state index >= 15 is 0 Å². The monoisotopic (exact) mass is 428 g/mol. The molecule has 0 aliphatic rings. The van der Waals surface area contributed by atoms with Gasteiger partial charge in [0.1, 0.15) is 17.6 Å². The van der Waals surface area contributed by atoms with E-state index in [4.69, 9.17) is 4.74 Å². The number of carbonyl (C=O) groups is 2. The maximum absolute atomic E-state index is 13.3. The summed E-state index contributed by atoms with van der Waals surface area (Å²) in [5.41, 5.74) is 1.75. The van der Waals surface area contributed by atoms with E-state index in [2.05, 4.69) is 19.2 Å². The van der Waals surface area contributed by atoms with Crippen LogP contribution in [0.4, 0.5) is 4.39 Å². The van der Waals surface area contributed by atoms with Gasteiger partial charge >= 0.3 is 0 Å². The molecule has 1 N–H and O–H groups in total. The molecule has 0 saturated heterocycles. The molecule has 1 atom stereocenters. The fraction of sp³-hybridized carbons (Fsp3) is 0.440. The number of rotatable bonds is 10. The first-order valence-electron chi connectivity index (χ1n) is 10.7. The van der Waals surface area contributed by atoms with Gasteiger partial charge in [-0.25, -0.2) is 4.39 Å². The van der Waals surface area contributed by atoms with Gasteiger partial charge in [0.05, 0.1) is 0 Å². The summed E-state index contributed by atoms with van der Waals surface area (Å²) in [6, 6.07) is 12.8. The third-order valence-electron chi connectivity index (χ3n) is 5.01. The molecule has 2 rings (SSSR count). The van der Waals surface area contributed by atoms with E-state index in [0.717, 1.165) is 11.1 Å². The van der Waals surface area contributed by atoms with Crippen LogP contribution in [0.3, 0.4) is 0 Å². The Morgan fingerprint density at radius 3 is 2.26 bits per heavy atom. The van der Waals surface area contributed by atoms with Crippen LogP contribution in [0.1, 0.15) is 51.7 Å². The Balaban J connectivity index is 2.17. The average Bonchev–Trinajstić information content (AvgIpc) is 2.75. The van der Waals surface area contributed by atoms with Crippen molar-refractivity contribution in [2.45, 2.75) is 53.1 Å². The summed E-state index contributed by atoms with van der Waals surface area (Å²) >= 11 is 0. The van der Waals surface area contributed by atoms with Crippen LogP contribution in [0.5, 0.6) is 5.75 Å². The van der Waals surface area contributed by atoms with Crippen LogP contribution < -0.4 is 10.1 Å². The molecule has 0 radical (unpaired) electrons. The minimum absolute atomic E-state index is 0.185. The fourth-order valence-electron chi connectivity index (χ4n) is 3.13. The van der Waals surface area contributed by atoms with Gasteiger partial charge in [-0.15, -0.1) is 0 Å². The molecule has 2 amide bonds. The molecule has 168 valence electrons. The van der Waals surface area contributed by atoms with Crippen molar-refractivity contribution in [3.05, 3.63) is 65.5 Å². The van der Waals surface area contributed by atoms with Crippen molar-refractivity contribution >= 4 is 11.8 Å². The Bertz CT molecular complexity index is 865. The molecule has 0 heterocycles. The van der Waals surface area contributed by atoms with Gasteiger partial charge in [0.2, 0.25) is 5.91 Å². The first kappa shape index (κ1) is 24.4. The number of hydrogen-bond donors (Lipinski definition) is 1. The lowest BCUT2D eigenvalue weighted by atomic mass is 10.0. The van der Waals surface area contributed by atoms with Crippen LogP contribution in [-0.4, -0.2) is 35.9 Å². The molecular formula is C25H33FN2O3. The number of nitrogens with one attached hydrogen (secondary N) is 1. The summed E-state index contributed by atoms with van der Waals surface area (Å²) in [5.74, 6) is 0.319. The number of amides is 2. The minimum Gasteiger partial charge on any atom is -0.483 e. The molecule has 5 nitrogen and oxygen atoms in total. The predicted octanol–water partition coefficient (Wildman–Crippen LogP) is 4.52. The van der Waals surface area contributed by atoms with E-state index in [9.17, 15) is 14.0 Å². The van der Waals surface area contributed by atoms with Gasteiger partial charge in [0.25, 0.3) is 5.91 Å². The largest absolute Gasteiger partial charge is 0.483 e. The molecule has 0 fully saturated rings. The normalized spacial score (nSPS) is 12.0. The number of halogens is 1. The van der Waals surface area contributed by atoms with Gasteiger partial charge in [-0.1, -0.05) is 58.0 Å². The molecule has 0 spiro atoms. The van der Waals surface area contributed by atoms with Crippen LogP contribution >= 0.6 is 0 Å². The van der Waals surface area contributed by atoms with Gasteiger partial charge in [0.15, 0.2) is 6.61 Å². The Labute approximate surface area is 184 Å². The summed E-state index contributed by atoms with van der Waals surface area (Å²) in [6.07, 6.45) is 0. The summed E-state index contributed by atoms with van der Waals surface area (Å²) in [5, 5.41) is 2.88. The lowest BCUT2D eigenvalue weighted by Gasteiger charge is -2.29. The topological polar surface area (TPSA) is 58.6 Å². The van der Waals surface area contributed by atoms with E-state index in [0.29, 0.717) is 18.2 Å². The fourth-order valence-corrected chi connectivity index (χ4v) is 3.13. The van der Waals surface area contributed by atoms with Crippen LogP contribution in [-0.2, 0) is 16.1 Å². The summed E-state index contributed by atoms with van der Waals surface area (Å²) < 4.78 is 19.1. The van der Waals surface area contributed by atoms with Crippen LogP contribution in [0.15, 0.2) is 48.5 Å². The third-order valence-corrected chi connectivity index (χ3v) is 5.01. The van der Waals surface area contributed by atoms with Crippen molar-refractivity contribution in [3.8, 4) is 5.75 Å². The second-order valence-electron chi connectivity index (χ2n) is 8.44. The van der Waals surface area contributed by atoms with E-state index in [1.165, 1.54) is 17.0 Å². The Morgan fingerprint density at radius 1 is 1.00 bits per heavy atom. The van der Waals surface area contributed by atoms with E-state index in [-0.39, 0.29) is 36.7 Å². The standard InChI is InChI=1S/C25H33FN2O3/c1-17(2)14-27-25(30)19(5)28(15-20-10-12-21(26)13-11-20)24(29)16-31-23-9-7-6-8-22(23)18(3)4/h6-13,17-19H,14-16H2,1-5H3,(H,27,30)/t19-/m0/s1. The van der Waals surface area contributed by atoms with Crippen molar-refractivity contribution in [2.24, 2.45) is 5.92 Å². The number of benzene rings is 2. The molecule has 0 aliphatic carbocycles. The number of carbonyl (C=O) groups excluding carboxylic acids is 2. The first-order valence-corrected chi connectivity index (χ1v) is 10.7. The molecule has 6 heteroatoms. The zero-order valence-electron chi connectivity index (χ0n) is 19.0. The van der Waals surface area contributed by atoms with Crippen molar-refractivity contribution in [1.82, 2.24) is 10.2 Å². The molecule has 0 unspecified atom stereocenters. The average molecular weight is 429 g/mol. The second-order valence-corrected chi connectivity index (χ2v) is 8.44. The highest BCUT2D eigenvalue weighted by Gasteiger charge is 2.26. The molecule has 0 bridgehead atoms. The van der Waals surface area contributed by atoms with Gasteiger partial charge in [-0.3, -0.25) is 9.59 Å². The highest BCUT2D eigenvalue weighted by molar-refractivity contribution is 5.88. The van der Waals surface area contributed by atoms with Crippen molar-refractivity contribution in [3.63, 3.8) is 0 Å². The van der Waals surface area contributed by atoms with E-state index in [1.807, 2.05) is 38.1 Å². The van der Waals surface area contributed by atoms with Crippen LogP contribution in [0.2, 0.25) is 0 Å². The number of hydrogen-bond acceptors (Lipinski definition) is 3. The third kappa shape index (κ3) is 7.39. The van der Waals surface area contributed by atoms with E-state index < -0.39 is 6.04 Å². The Hall–Kier alpha value is -2.89. The maximum Gasteiger partial charge on any atom is 0.261 e. The predicted molar refractivity (Wildman–Crippen MR) is 120 cm³/mol. The second kappa shape index (κ2) is 11.5. The highest BCUT2D eigenvalue weighted by Crippen LogP contribution is 2.26. The van der Waals surface area contributed by atoms with Crippen LogP contribution in [0, 0.1) is 11.7 Å². The smallest absolute Gasteiger partial charge is 0.261 e. The van der Waals surface area contributed by atoms with Gasteiger partial charge in [0, 0.05) is 13.1 Å². The molecule has 0 aromatic heterocycles. The van der Waals surface area contributed by atoms with Crippen molar-refractivity contribution in [2.75, 3.05) is 13.2 Å². The van der Waals surface area contributed by atoms with E-state index in [1.54, 1.807) is 19.1 Å². The SMILES string of the molecule is CC(C)CNC(=O)[C@H](C)N(Cc1ccc(F)cc1)C(=O)COc1ccccc1C(C)C. The Kier molecular flexibility index (Phi) is 9.03. The lowest BCUT2D eigenvalue weighted by Crippen LogP contribution is -2.49. The number of nitrogens with zero attached hydrogens (tertiary/aromatic N) is 1. The van der Waals surface area contributed by atoms with Gasteiger partial charge in [-0.05, 0) is 48.1 Å². The van der Waals surface area contributed by atoms with Crippen molar-refractivity contribution in [1.29, 1.82) is 0 Å². The molecule has 0 aliphatic heterocycles. The molecule has 0 saturated carbocycles. The van der Waals surface area contributed by atoms with Gasteiger partial charge < -0.3 is 15.0 Å². The first-order chi connectivity index (χ1) is 14.7. The molecule has 31 heavy (non-hydrogen) atoms. The summed E-state index contributed by atoms with van der Waals surface area (Å²) in [4.78, 5) is 27.2.